The zero-order valence-corrected chi connectivity index (χ0v) is 10.4. The maximum Gasteiger partial charge on any atom is 0.425 e. The predicted octanol–water partition coefficient (Wildman–Crippen LogP) is 2.16. The zero-order chi connectivity index (χ0) is 17.7. The van der Waals surface area contributed by atoms with E-state index >= 15 is 0 Å². The first-order chi connectivity index (χ1) is 10.3. The van der Waals surface area contributed by atoms with Crippen LogP contribution in [0.4, 0.5) is 32.0 Å². The van der Waals surface area contributed by atoms with E-state index in [0.717, 1.165) is 0 Å². The van der Waals surface area contributed by atoms with Crippen molar-refractivity contribution in [2.45, 2.75) is 12.4 Å². The van der Waals surface area contributed by atoms with Crippen LogP contribution in [0.25, 0.3) is 11.0 Å². The maximum atomic E-state index is 13.1. The van der Waals surface area contributed by atoms with E-state index in [-0.39, 0.29) is 6.07 Å². The van der Waals surface area contributed by atoms with Crippen LogP contribution in [0, 0.1) is 10.1 Å². The number of benzene rings is 1. The van der Waals surface area contributed by atoms with Gasteiger partial charge in [0.1, 0.15) is 5.56 Å². The van der Waals surface area contributed by atoms with Gasteiger partial charge in [-0.25, -0.2) is 0 Å². The molecule has 0 spiro atoms. The smallest absolute Gasteiger partial charge is 0.316 e. The predicted molar refractivity (Wildman–Crippen MR) is 61.8 cm³/mol. The van der Waals surface area contributed by atoms with Crippen LogP contribution < -0.4 is 11.1 Å². The Kier molecular flexibility index (Phi) is 3.46. The van der Waals surface area contributed by atoms with Crippen molar-refractivity contribution in [2.24, 2.45) is 0 Å². The monoisotopic (exact) mass is 343 g/mol. The summed E-state index contributed by atoms with van der Waals surface area (Å²) in [7, 11) is 0. The van der Waals surface area contributed by atoms with Gasteiger partial charge in [0, 0.05) is 0 Å². The number of H-pyrrole nitrogens is 2. The van der Waals surface area contributed by atoms with Crippen LogP contribution in [0.5, 0.6) is 0 Å². The quantitative estimate of drug-likeness (QED) is 0.358. The molecule has 2 rings (SSSR count). The van der Waals surface area contributed by atoms with Crippen molar-refractivity contribution in [1.29, 1.82) is 0 Å². The second-order valence-corrected chi connectivity index (χ2v) is 4.23. The van der Waals surface area contributed by atoms with E-state index in [2.05, 4.69) is 0 Å². The number of fused-ring (bicyclic) bond motifs is 1. The van der Waals surface area contributed by atoms with Crippen LogP contribution in [-0.2, 0) is 12.4 Å². The molecule has 0 unspecified atom stereocenters. The number of hydrogen-bond acceptors (Lipinski definition) is 4. The standard InChI is InChI=1S/C10H3F6N3O4/c11-9(12,13)2-1-3-5(18-8(21)7(20)17-3)4(10(14,15)16)6(2)19(22)23/h1H,(H,17,20)(H,18,21). The van der Waals surface area contributed by atoms with Gasteiger partial charge in [0.25, 0.3) is 5.69 Å². The third-order valence-electron chi connectivity index (χ3n) is 2.76. The molecule has 0 saturated heterocycles. The van der Waals surface area contributed by atoms with E-state index in [1.165, 1.54) is 9.97 Å². The first-order valence-electron chi connectivity index (χ1n) is 5.46. The molecule has 0 aliphatic carbocycles. The lowest BCUT2D eigenvalue weighted by Gasteiger charge is -2.15. The number of halogens is 6. The van der Waals surface area contributed by atoms with Crippen molar-refractivity contribution in [3.63, 3.8) is 0 Å². The average molecular weight is 343 g/mol. The molecule has 0 radical (unpaired) electrons. The van der Waals surface area contributed by atoms with Gasteiger partial charge in [0.2, 0.25) is 0 Å². The van der Waals surface area contributed by atoms with E-state index in [0.29, 0.717) is 0 Å². The summed E-state index contributed by atoms with van der Waals surface area (Å²) in [5.74, 6) is 0. The molecule has 7 nitrogen and oxygen atoms in total. The maximum absolute atomic E-state index is 13.1. The fourth-order valence-corrected chi connectivity index (χ4v) is 1.93. The molecule has 23 heavy (non-hydrogen) atoms. The molecular weight excluding hydrogens is 340 g/mol. The van der Waals surface area contributed by atoms with Crippen LogP contribution in [-0.4, -0.2) is 14.9 Å². The molecule has 2 aromatic rings. The minimum atomic E-state index is -5.59. The summed E-state index contributed by atoms with van der Waals surface area (Å²) in [4.78, 5) is 34.1. The highest BCUT2D eigenvalue weighted by Crippen LogP contribution is 2.46. The fraction of sp³-hybridized carbons (Fsp3) is 0.200. The van der Waals surface area contributed by atoms with Crippen molar-refractivity contribution in [2.75, 3.05) is 0 Å². The van der Waals surface area contributed by atoms with E-state index in [4.69, 9.17) is 0 Å². The van der Waals surface area contributed by atoms with Gasteiger partial charge in [-0.1, -0.05) is 0 Å². The normalized spacial score (nSPS) is 12.6. The van der Waals surface area contributed by atoms with E-state index in [1.54, 1.807) is 0 Å². The Morgan fingerprint density at radius 3 is 1.91 bits per heavy atom. The highest BCUT2D eigenvalue weighted by Gasteiger charge is 2.48. The third-order valence-corrected chi connectivity index (χ3v) is 2.76. The second-order valence-electron chi connectivity index (χ2n) is 4.23. The molecule has 1 heterocycles. The number of nitrogens with zero attached hydrogens (tertiary/aromatic N) is 1. The molecule has 13 heteroatoms. The van der Waals surface area contributed by atoms with Crippen LogP contribution in [0.1, 0.15) is 11.1 Å². The van der Waals surface area contributed by atoms with Crippen molar-refractivity contribution in [1.82, 2.24) is 9.97 Å². The minimum Gasteiger partial charge on any atom is -0.316 e. The number of nitrogens with one attached hydrogen (secondary N) is 2. The van der Waals surface area contributed by atoms with Crippen LogP contribution >= 0.6 is 0 Å². The lowest BCUT2D eigenvalue weighted by atomic mass is 10.0. The Bertz CT molecular complexity index is 924. The molecule has 2 N–H and O–H groups in total. The number of aromatic nitrogens is 2. The summed E-state index contributed by atoms with van der Waals surface area (Å²) < 4.78 is 77.7. The molecule has 1 aromatic carbocycles. The van der Waals surface area contributed by atoms with Gasteiger partial charge in [-0.2, -0.15) is 26.3 Å². The largest absolute Gasteiger partial charge is 0.425 e. The summed E-state index contributed by atoms with van der Waals surface area (Å²) in [5.41, 5.74) is -12.2. The number of hydrogen-bond donors (Lipinski definition) is 2. The van der Waals surface area contributed by atoms with Crippen LogP contribution in [0.2, 0.25) is 0 Å². The Morgan fingerprint density at radius 1 is 0.957 bits per heavy atom. The van der Waals surface area contributed by atoms with Gasteiger partial charge in [-0.3, -0.25) is 19.7 Å². The van der Waals surface area contributed by atoms with Crippen molar-refractivity contribution >= 4 is 16.7 Å². The number of aromatic amines is 2. The Morgan fingerprint density at radius 2 is 1.48 bits per heavy atom. The lowest BCUT2D eigenvalue weighted by Crippen LogP contribution is -2.30. The van der Waals surface area contributed by atoms with Gasteiger partial charge in [0.05, 0.1) is 16.0 Å². The SMILES string of the molecule is O=c1[nH]c2cc(C(F)(F)F)c([N+](=O)[O-])c(C(F)(F)F)c2[nH]c1=O. The molecule has 0 amide bonds. The van der Waals surface area contributed by atoms with E-state index in [9.17, 15) is 46.0 Å². The van der Waals surface area contributed by atoms with Gasteiger partial charge in [0.15, 0.2) is 5.56 Å². The number of rotatable bonds is 1. The average Bonchev–Trinajstić information content (AvgIpc) is 2.35. The van der Waals surface area contributed by atoms with Crippen molar-refractivity contribution in [3.8, 4) is 0 Å². The number of nitro groups is 1. The first kappa shape index (κ1) is 16.5. The van der Waals surface area contributed by atoms with E-state index < -0.39 is 56.2 Å². The minimum absolute atomic E-state index is 0.0416. The van der Waals surface area contributed by atoms with Gasteiger partial charge in [-0.15, -0.1) is 0 Å². The Hall–Kier alpha value is -2.86. The van der Waals surface area contributed by atoms with Crippen molar-refractivity contribution in [3.05, 3.63) is 48.0 Å². The molecule has 0 saturated carbocycles. The van der Waals surface area contributed by atoms with Gasteiger partial charge in [-0.05, 0) is 6.07 Å². The Balaban J connectivity index is 3.20. The number of alkyl halides is 6. The van der Waals surface area contributed by atoms with Crippen LogP contribution in [0.15, 0.2) is 15.7 Å². The molecular formula is C10H3F6N3O4. The summed E-state index contributed by atoms with van der Waals surface area (Å²) >= 11 is 0. The molecule has 0 atom stereocenters. The summed E-state index contributed by atoms with van der Waals surface area (Å²) in [6.07, 6.45) is -11.1. The summed E-state index contributed by atoms with van der Waals surface area (Å²) in [5, 5.41) is 10.8. The molecule has 124 valence electrons. The zero-order valence-electron chi connectivity index (χ0n) is 10.4. The molecule has 0 aliphatic heterocycles. The van der Waals surface area contributed by atoms with E-state index in [1.807, 2.05) is 0 Å². The summed E-state index contributed by atoms with van der Waals surface area (Å²) in [6, 6.07) is -0.0416. The highest BCUT2D eigenvalue weighted by atomic mass is 19.4. The third kappa shape index (κ3) is 2.76. The molecule has 0 aliphatic rings. The van der Waals surface area contributed by atoms with Crippen LogP contribution in [0.3, 0.4) is 0 Å². The second kappa shape index (κ2) is 4.82. The molecule has 0 fully saturated rings. The first-order valence-corrected chi connectivity index (χ1v) is 5.46. The van der Waals surface area contributed by atoms with Gasteiger partial charge >= 0.3 is 23.5 Å². The number of nitro benzene ring substituents is 1. The topological polar surface area (TPSA) is 109 Å². The fourth-order valence-electron chi connectivity index (χ4n) is 1.93. The summed E-state index contributed by atoms with van der Waals surface area (Å²) in [6.45, 7) is 0. The lowest BCUT2D eigenvalue weighted by molar-refractivity contribution is -0.391. The molecule has 0 bridgehead atoms. The van der Waals surface area contributed by atoms with Crippen molar-refractivity contribution < 1.29 is 31.3 Å². The highest BCUT2D eigenvalue weighted by molar-refractivity contribution is 5.84. The molecule has 1 aromatic heterocycles. The van der Waals surface area contributed by atoms with Gasteiger partial charge < -0.3 is 9.97 Å². The Labute approximate surface area is 119 Å².